The van der Waals surface area contributed by atoms with Crippen molar-refractivity contribution in [3.05, 3.63) is 63.9 Å². The topological polar surface area (TPSA) is 9.23 Å². The summed E-state index contributed by atoms with van der Waals surface area (Å²) < 4.78 is 19.5. The van der Waals surface area contributed by atoms with Crippen LogP contribution in [0.15, 0.2) is 46.9 Å². The number of hydrogen-bond acceptors (Lipinski definition) is 1. The minimum atomic E-state index is -0.333. The predicted molar refractivity (Wildman–Crippen MR) is 79.4 cm³/mol. The first-order chi connectivity index (χ1) is 9.10. The molecule has 0 heterocycles. The molecule has 2 aromatic carbocycles. The highest BCUT2D eigenvalue weighted by molar-refractivity contribution is 9.10. The predicted octanol–water partition coefficient (Wildman–Crippen LogP) is 5.12. The molecular weight excluding hydrogens is 331 g/mol. The summed E-state index contributed by atoms with van der Waals surface area (Å²) in [6.07, 6.45) is 0.612. The van der Waals surface area contributed by atoms with E-state index in [1.54, 1.807) is 13.2 Å². The second kappa shape index (κ2) is 6.40. The van der Waals surface area contributed by atoms with Crippen molar-refractivity contribution in [2.45, 2.75) is 11.8 Å². The average Bonchev–Trinajstić information content (AvgIpc) is 2.38. The highest BCUT2D eigenvalue weighted by atomic mass is 79.9. The zero-order valence-corrected chi connectivity index (χ0v) is 12.7. The molecule has 0 aliphatic heterocycles. The van der Waals surface area contributed by atoms with Gasteiger partial charge >= 0.3 is 0 Å². The standard InChI is InChI=1S/C15H13BrClFO/c1-19-15-6-5-12(18)9-13(15)14(17)8-10-3-2-4-11(16)7-10/h2-7,9,14H,8H2,1H3. The molecule has 2 rings (SSSR count). The van der Waals surface area contributed by atoms with Crippen molar-refractivity contribution < 1.29 is 9.13 Å². The van der Waals surface area contributed by atoms with Crippen LogP contribution in [0.4, 0.5) is 4.39 Å². The van der Waals surface area contributed by atoms with E-state index in [1.807, 2.05) is 24.3 Å². The third-order valence-electron chi connectivity index (χ3n) is 2.83. The fourth-order valence-electron chi connectivity index (χ4n) is 1.93. The lowest BCUT2D eigenvalue weighted by molar-refractivity contribution is 0.407. The molecular formula is C15H13BrClFO. The zero-order chi connectivity index (χ0) is 13.8. The first-order valence-electron chi connectivity index (χ1n) is 5.82. The molecule has 2 aromatic rings. The van der Waals surface area contributed by atoms with Gasteiger partial charge in [-0.3, -0.25) is 0 Å². The molecule has 0 bridgehead atoms. The number of benzene rings is 2. The van der Waals surface area contributed by atoms with Crippen molar-refractivity contribution in [1.29, 1.82) is 0 Å². The Labute approximate surface area is 125 Å². The molecule has 4 heteroatoms. The van der Waals surface area contributed by atoms with E-state index < -0.39 is 0 Å². The Hall–Kier alpha value is -1.06. The Morgan fingerprint density at radius 3 is 2.74 bits per heavy atom. The van der Waals surface area contributed by atoms with Gasteiger partial charge in [-0.1, -0.05) is 28.1 Å². The average molecular weight is 344 g/mol. The number of ether oxygens (including phenoxy) is 1. The van der Waals surface area contributed by atoms with Crippen molar-refractivity contribution in [2.75, 3.05) is 7.11 Å². The highest BCUT2D eigenvalue weighted by Gasteiger charge is 2.15. The van der Waals surface area contributed by atoms with Gasteiger partial charge in [0, 0.05) is 10.0 Å². The van der Waals surface area contributed by atoms with E-state index in [2.05, 4.69) is 15.9 Å². The van der Waals surface area contributed by atoms with E-state index in [9.17, 15) is 4.39 Å². The summed E-state index contributed by atoms with van der Waals surface area (Å²) in [5.74, 6) is 0.298. The van der Waals surface area contributed by atoms with Gasteiger partial charge in [0.1, 0.15) is 11.6 Å². The van der Waals surface area contributed by atoms with Crippen LogP contribution in [-0.4, -0.2) is 7.11 Å². The van der Waals surface area contributed by atoms with Gasteiger partial charge < -0.3 is 4.74 Å². The number of hydrogen-bond donors (Lipinski definition) is 0. The molecule has 1 unspecified atom stereocenters. The van der Waals surface area contributed by atoms with Crippen molar-refractivity contribution in [2.24, 2.45) is 0 Å². The summed E-state index contributed by atoms with van der Waals surface area (Å²) >= 11 is 9.81. The van der Waals surface area contributed by atoms with E-state index in [0.717, 1.165) is 10.0 Å². The first kappa shape index (κ1) is 14.4. The van der Waals surface area contributed by atoms with Crippen LogP contribution in [0.25, 0.3) is 0 Å². The number of alkyl halides is 1. The minimum absolute atomic E-state index is 0.310. The fraction of sp³-hybridized carbons (Fsp3) is 0.200. The number of methoxy groups -OCH3 is 1. The van der Waals surface area contributed by atoms with E-state index in [-0.39, 0.29) is 11.2 Å². The fourth-order valence-corrected chi connectivity index (χ4v) is 2.73. The van der Waals surface area contributed by atoms with Crippen LogP contribution in [-0.2, 0) is 6.42 Å². The summed E-state index contributed by atoms with van der Waals surface area (Å²) in [6, 6.07) is 12.3. The maximum atomic E-state index is 13.3. The molecule has 0 aliphatic rings. The molecule has 0 aromatic heterocycles. The van der Waals surface area contributed by atoms with Crippen LogP contribution < -0.4 is 4.74 Å². The van der Waals surface area contributed by atoms with Crippen LogP contribution in [0.5, 0.6) is 5.75 Å². The van der Waals surface area contributed by atoms with E-state index in [0.29, 0.717) is 17.7 Å². The minimum Gasteiger partial charge on any atom is -0.496 e. The Bertz CT molecular complexity index is 574. The Kier molecular flexibility index (Phi) is 4.83. The molecule has 0 N–H and O–H groups in total. The van der Waals surface area contributed by atoms with Gasteiger partial charge in [-0.25, -0.2) is 4.39 Å². The van der Waals surface area contributed by atoms with Crippen LogP contribution in [0.3, 0.4) is 0 Å². The largest absolute Gasteiger partial charge is 0.496 e. The second-order valence-corrected chi connectivity index (χ2v) is 5.63. The van der Waals surface area contributed by atoms with Gasteiger partial charge in [0.25, 0.3) is 0 Å². The molecule has 0 aliphatic carbocycles. The van der Waals surface area contributed by atoms with Gasteiger partial charge in [0.15, 0.2) is 0 Å². The zero-order valence-electron chi connectivity index (χ0n) is 10.4. The van der Waals surface area contributed by atoms with Crippen LogP contribution in [0, 0.1) is 5.82 Å². The number of halogens is 3. The third kappa shape index (κ3) is 3.71. The van der Waals surface area contributed by atoms with Crippen LogP contribution in [0.2, 0.25) is 0 Å². The van der Waals surface area contributed by atoms with Crippen molar-refractivity contribution in [3.63, 3.8) is 0 Å². The SMILES string of the molecule is COc1ccc(F)cc1C(Cl)Cc1cccc(Br)c1. The summed E-state index contributed by atoms with van der Waals surface area (Å²) in [5, 5.41) is -0.333. The van der Waals surface area contributed by atoms with Crippen LogP contribution in [0.1, 0.15) is 16.5 Å². The van der Waals surface area contributed by atoms with Crippen molar-refractivity contribution in [1.82, 2.24) is 0 Å². The summed E-state index contributed by atoms with van der Waals surface area (Å²) in [4.78, 5) is 0. The Morgan fingerprint density at radius 2 is 2.05 bits per heavy atom. The van der Waals surface area contributed by atoms with Crippen LogP contribution >= 0.6 is 27.5 Å². The van der Waals surface area contributed by atoms with Gasteiger partial charge in [-0.05, 0) is 42.3 Å². The summed E-state index contributed by atoms with van der Waals surface area (Å²) in [5.41, 5.74) is 1.75. The lowest BCUT2D eigenvalue weighted by Crippen LogP contribution is -2.00. The van der Waals surface area contributed by atoms with Gasteiger partial charge in [-0.15, -0.1) is 11.6 Å². The van der Waals surface area contributed by atoms with Gasteiger partial charge in [-0.2, -0.15) is 0 Å². The Balaban J connectivity index is 2.24. The maximum Gasteiger partial charge on any atom is 0.123 e. The van der Waals surface area contributed by atoms with Gasteiger partial charge in [0.2, 0.25) is 0 Å². The summed E-state index contributed by atoms with van der Waals surface area (Å²) in [6.45, 7) is 0. The molecule has 0 fully saturated rings. The molecule has 1 atom stereocenters. The second-order valence-electron chi connectivity index (χ2n) is 4.19. The maximum absolute atomic E-state index is 13.3. The molecule has 0 saturated carbocycles. The van der Waals surface area contributed by atoms with E-state index in [4.69, 9.17) is 16.3 Å². The normalized spacial score (nSPS) is 12.2. The van der Waals surface area contributed by atoms with E-state index in [1.165, 1.54) is 12.1 Å². The molecule has 0 spiro atoms. The molecule has 100 valence electrons. The van der Waals surface area contributed by atoms with Crippen molar-refractivity contribution >= 4 is 27.5 Å². The highest BCUT2D eigenvalue weighted by Crippen LogP contribution is 2.33. The quantitative estimate of drug-likeness (QED) is 0.700. The first-order valence-corrected chi connectivity index (χ1v) is 7.05. The van der Waals surface area contributed by atoms with E-state index >= 15 is 0 Å². The molecule has 0 radical (unpaired) electrons. The lowest BCUT2D eigenvalue weighted by Gasteiger charge is -2.14. The van der Waals surface area contributed by atoms with Crippen molar-refractivity contribution in [3.8, 4) is 5.75 Å². The number of rotatable bonds is 4. The Morgan fingerprint density at radius 1 is 1.26 bits per heavy atom. The molecule has 1 nitrogen and oxygen atoms in total. The van der Waals surface area contributed by atoms with Gasteiger partial charge in [0.05, 0.1) is 12.5 Å². The monoisotopic (exact) mass is 342 g/mol. The molecule has 19 heavy (non-hydrogen) atoms. The lowest BCUT2D eigenvalue weighted by atomic mass is 10.0. The molecule has 0 saturated heterocycles. The third-order valence-corrected chi connectivity index (χ3v) is 3.72. The molecule has 0 amide bonds. The smallest absolute Gasteiger partial charge is 0.123 e. The summed E-state index contributed by atoms with van der Waals surface area (Å²) in [7, 11) is 1.56.